The second-order valence-corrected chi connectivity index (χ2v) is 5.05. The Hall–Kier alpha value is -1.35. The van der Waals surface area contributed by atoms with Crippen molar-refractivity contribution in [3.63, 3.8) is 0 Å². The molecule has 0 radical (unpaired) electrons. The summed E-state index contributed by atoms with van der Waals surface area (Å²) in [6, 6.07) is 5.68. The van der Waals surface area contributed by atoms with Crippen LogP contribution < -0.4 is 5.73 Å². The number of carbonyl (C=O) groups excluding carboxylic acids is 1. The number of carbonyl (C=O) groups is 1. The van der Waals surface area contributed by atoms with E-state index in [9.17, 15) is 4.79 Å². The van der Waals surface area contributed by atoms with Crippen molar-refractivity contribution in [3.05, 3.63) is 34.9 Å². The van der Waals surface area contributed by atoms with Gasteiger partial charge in [-0.15, -0.1) is 0 Å². The van der Waals surface area contributed by atoms with Gasteiger partial charge in [-0.05, 0) is 35.1 Å². The van der Waals surface area contributed by atoms with E-state index in [4.69, 9.17) is 10.5 Å². The summed E-state index contributed by atoms with van der Waals surface area (Å²) in [5, 5.41) is 0. The first-order chi connectivity index (χ1) is 7.45. The Balaban J connectivity index is 2.41. The van der Waals surface area contributed by atoms with E-state index in [1.165, 1.54) is 12.7 Å². The van der Waals surface area contributed by atoms with Gasteiger partial charge in [0.1, 0.15) is 0 Å². The highest BCUT2D eigenvalue weighted by Crippen LogP contribution is 2.43. The Morgan fingerprint density at radius 2 is 2.19 bits per heavy atom. The quantitative estimate of drug-likeness (QED) is 0.735. The van der Waals surface area contributed by atoms with Crippen LogP contribution in [0.3, 0.4) is 0 Å². The molecule has 3 heteroatoms. The summed E-state index contributed by atoms with van der Waals surface area (Å²) in [5.41, 5.74) is 9.15. The molecule has 0 aromatic heterocycles. The van der Waals surface area contributed by atoms with E-state index >= 15 is 0 Å². The summed E-state index contributed by atoms with van der Waals surface area (Å²) >= 11 is 0. The summed E-state index contributed by atoms with van der Waals surface area (Å²) in [6.07, 6.45) is 0.911. The van der Waals surface area contributed by atoms with Crippen molar-refractivity contribution < 1.29 is 9.53 Å². The second-order valence-electron chi connectivity index (χ2n) is 5.05. The van der Waals surface area contributed by atoms with Crippen LogP contribution in [-0.4, -0.2) is 13.1 Å². The molecule has 0 aliphatic heterocycles. The number of hydrogen-bond acceptors (Lipinski definition) is 3. The number of fused-ring (bicyclic) bond motifs is 1. The fraction of sp³-hybridized carbons (Fsp3) is 0.462. The van der Waals surface area contributed by atoms with Crippen LogP contribution in [0.2, 0.25) is 0 Å². The van der Waals surface area contributed by atoms with Crippen LogP contribution in [0.15, 0.2) is 18.2 Å². The maximum absolute atomic E-state index is 11.4. The molecule has 1 atom stereocenters. The Bertz CT molecular complexity index is 438. The molecule has 16 heavy (non-hydrogen) atoms. The third-order valence-electron chi connectivity index (χ3n) is 3.39. The standard InChI is InChI=1S/C13H17NO2/c1-13(2)7-9-6-8(12(15)16-3)4-5-10(9)11(13)14/h4-6,11H,7,14H2,1-3H3. The monoisotopic (exact) mass is 219 g/mol. The molecular weight excluding hydrogens is 202 g/mol. The minimum atomic E-state index is -0.291. The van der Waals surface area contributed by atoms with Gasteiger partial charge in [0, 0.05) is 6.04 Å². The van der Waals surface area contributed by atoms with Crippen molar-refractivity contribution in [2.24, 2.45) is 11.1 Å². The minimum Gasteiger partial charge on any atom is -0.465 e. The SMILES string of the molecule is COC(=O)c1ccc2c(c1)CC(C)(C)C2N. The summed E-state index contributed by atoms with van der Waals surface area (Å²) in [4.78, 5) is 11.4. The zero-order valence-corrected chi connectivity index (χ0v) is 9.91. The molecule has 0 amide bonds. The minimum absolute atomic E-state index is 0.0502. The van der Waals surface area contributed by atoms with Crippen molar-refractivity contribution in [3.8, 4) is 0 Å². The molecule has 86 valence electrons. The Kier molecular flexibility index (Phi) is 2.50. The van der Waals surface area contributed by atoms with Crippen molar-refractivity contribution >= 4 is 5.97 Å². The molecule has 0 saturated carbocycles. The van der Waals surface area contributed by atoms with Gasteiger partial charge in [-0.3, -0.25) is 0 Å². The molecule has 0 heterocycles. The van der Waals surface area contributed by atoms with Crippen molar-refractivity contribution in [2.75, 3.05) is 7.11 Å². The zero-order valence-electron chi connectivity index (χ0n) is 9.91. The molecule has 1 unspecified atom stereocenters. The van der Waals surface area contributed by atoms with Gasteiger partial charge in [-0.2, -0.15) is 0 Å². The maximum Gasteiger partial charge on any atom is 0.337 e. The Labute approximate surface area is 95.6 Å². The van der Waals surface area contributed by atoms with E-state index in [0.717, 1.165) is 12.0 Å². The van der Waals surface area contributed by atoms with E-state index in [2.05, 4.69) is 13.8 Å². The van der Waals surface area contributed by atoms with Crippen LogP contribution in [0.1, 0.15) is 41.4 Å². The summed E-state index contributed by atoms with van der Waals surface area (Å²) in [7, 11) is 1.39. The summed E-state index contributed by atoms with van der Waals surface area (Å²) in [6.45, 7) is 4.30. The van der Waals surface area contributed by atoms with Crippen LogP contribution in [0.5, 0.6) is 0 Å². The van der Waals surface area contributed by atoms with Crippen LogP contribution in [0, 0.1) is 5.41 Å². The lowest BCUT2D eigenvalue weighted by Gasteiger charge is -2.23. The average Bonchev–Trinajstić information content (AvgIpc) is 2.48. The van der Waals surface area contributed by atoms with Gasteiger partial charge in [0.15, 0.2) is 0 Å². The molecule has 0 saturated heterocycles. The molecule has 1 aromatic rings. The van der Waals surface area contributed by atoms with E-state index < -0.39 is 0 Å². The van der Waals surface area contributed by atoms with Crippen molar-refractivity contribution in [1.29, 1.82) is 0 Å². The van der Waals surface area contributed by atoms with Gasteiger partial charge in [0.05, 0.1) is 12.7 Å². The van der Waals surface area contributed by atoms with Crippen LogP contribution in [0.25, 0.3) is 0 Å². The number of esters is 1. The third-order valence-corrected chi connectivity index (χ3v) is 3.39. The smallest absolute Gasteiger partial charge is 0.337 e. The van der Waals surface area contributed by atoms with Crippen LogP contribution in [0.4, 0.5) is 0 Å². The van der Waals surface area contributed by atoms with Gasteiger partial charge < -0.3 is 10.5 Å². The first-order valence-corrected chi connectivity index (χ1v) is 5.42. The highest BCUT2D eigenvalue weighted by Gasteiger charge is 2.36. The molecule has 2 N–H and O–H groups in total. The maximum atomic E-state index is 11.4. The first kappa shape index (κ1) is 11.1. The number of benzene rings is 1. The van der Waals surface area contributed by atoms with E-state index in [-0.39, 0.29) is 17.4 Å². The summed E-state index contributed by atoms with van der Waals surface area (Å²) < 4.78 is 4.70. The van der Waals surface area contributed by atoms with Crippen LogP contribution >= 0.6 is 0 Å². The van der Waals surface area contributed by atoms with E-state index in [1.807, 2.05) is 12.1 Å². The van der Waals surface area contributed by atoms with Gasteiger partial charge in [0.2, 0.25) is 0 Å². The predicted molar refractivity (Wildman–Crippen MR) is 62.2 cm³/mol. The van der Waals surface area contributed by atoms with Crippen LogP contribution in [-0.2, 0) is 11.2 Å². The van der Waals surface area contributed by atoms with E-state index in [0.29, 0.717) is 5.56 Å². The lowest BCUT2D eigenvalue weighted by atomic mass is 9.86. The molecule has 0 fully saturated rings. The molecule has 0 spiro atoms. The summed E-state index contributed by atoms with van der Waals surface area (Å²) in [5.74, 6) is -0.291. The number of hydrogen-bond donors (Lipinski definition) is 1. The van der Waals surface area contributed by atoms with E-state index in [1.54, 1.807) is 6.07 Å². The molecule has 1 aliphatic carbocycles. The van der Waals surface area contributed by atoms with Crippen molar-refractivity contribution in [1.82, 2.24) is 0 Å². The normalized spacial score (nSPS) is 21.6. The van der Waals surface area contributed by atoms with Gasteiger partial charge in [0.25, 0.3) is 0 Å². The number of nitrogens with two attached hydrogens (primary N) is 1. The largest absolute Gasteiger partial charge is 0.465 e. The Morgan fingerprint density at radius 3 is 2.81 bits per heavy atom. The second kappa shape index (κ2) is 3.59. The molecule has 0 bridgehead atoms. The fourth-order valence-corrected chi connectivity index (χ4v) is 2.33. The zero-order chi connectivity index (χ0) is 11.9. The van der Waals surface area contributed by atoms with Crippen molar-refractivity contribution in [2.45, 2.75) is 26.3 Å². The third kappa shape index (κ3) is 1.61. The average molecular weight is 219 g/mol. The first-order valence-electron chi connectivity index (χ1n) is 5.42. The lowest BCUT2D eigenvalue weighted by molar-refractivity contribution is 0.0600. The topological polar surface area (TPSA) is 52.3 Å². The molecule has 2 rings (SSSR count). The molecule has 1 aliphatic rings. The number of methoxy groups -OCH3 is 1. The van der Waals surface area contributed by atoms with Gasteiger partial charge in [-0.1, -0.05) is 19.9 Å². The highest BCUT2D eigenvalue weighted by molar-refractivity contribution is 5.89. The molecular formula is C13H17NO2. The fourth-order valence-electron chi connectivity index (χ4n) is 2.33. The van der Waals surface area contributed by atoms with Gasteiger partial charge in [-0.25, -0.2) is 4.79 Å². The lowest BCUT2D eigenvalue weighted by Crippen LogP contribution is -2.24. The predicted octanol–water partition coefficient (Wildman–Crippen LogP) is 2.06. The highest BCUT2D eigenvalue weighted by atomic mass is 16.5. The number of ether oxygens (including phenoxy) is 1. The Morgan fingerprint density at radius 1 is 1.50 bits per heavy atom. The number of rotatable bonds is 1. The van der Waals surface area contributed by atoms with Gasteiger partial charge >= 0.3 is 5.97 Å². The molecule has 1 aromatic carbocycles. The molecule has 3 nitrogen and oxygen atoms in total.